The van der Waals surface area contributed by atoms with E-state index in [9.17, 15) is 14.7 Å². The topological polar surface area (TPSA) is 99.5 Å². The summed E-state index contributed by atoms with van der Waals surface area (Å²) in [4.78, 5) is 30.9. The van der Waals surface area contributed by atoms with Crippen molar-refractivity contribution in [1.82, 2.24) is 19.8 Å². The van der Waals surface area contributed by atoms with E-state index in [1.165, 1.54) is 0 Å². The van der Waals surface area contributed by atoms with Gasteiger partial charge < -0.3 is 25.2 Å². The predicted octanol–water partition coefficient (Wildman–Crippen LogP) is 4.57. The maximum absolute atomic E-state index is 12.7. The lowest BCUT2D eigenvalue weighted by molar-refractivity contribution is -0.116. The van der Waals surface area contributed by atoms with Crippen LogP contribution in [0, 0.1) is 0 Å². The zero-order valence-corrected chi connectivity index (χ0v) is 20.6. The minimum absolute atomic E-state index is 0.112. The number of amides is 1. The van der Waals surface area contributed by atoms with Crippen LogP contribution in [0.4, 0.5) is 5.69 Å². The Morgan fingerprint density at radius 3 is 2.57 bits per heavy atom. The molecule has 2 atom stereocenters. The zero-order chi connectivity index (χ0) is 25.8. The van der Waals surface area contributed by atoms with E-state index >= 15 is 0 Å². The number of pyridine rings is 1. The number of para-hydroxylation sites is 1. The molecule has 0 aliphatic carbocycles. The Morgan fingerprint density at radius 1 is 1.00 bits per heavy atom. The molecule has 0 saturated carbocycles. The summed E-state index contributed by atoms with van der Waals surface area (Å²) in [7, 11) is 0. The fourth-order valence-corrected chi connectivity index (χ4v) is 4.93. The van der Waals surface area contributed by atoms with E-state index in [0.29, 0.717) is 11.7 Å². The molecule has 9 heteroatoms. The van der Waals surface area contributed by atoms with E-state index in [0.717, 1.165) is 22.8 Å². The molecule has 1 fully saturated rings. The van der Waals surface area contributed by atoms with Crippen molar-refractivity contribution < 1.29 is 14.7 Å². The molecule has 1 aliphatic heterocycles. The summed E-state index contributed by atoms with van der Waals surface area (Å²) in [5.41, 5.74) is 3.38. The number of carboxylic acids is 1. The van der Waals surface area contributed by atoms with Crippen LogP contribution in [0.5, 0.6) is 0 Å². The molecule has 37 heavy (non-hydrogen) atoms. The van der Waals surface area contributed by atoms with Crippen LogP contribution in [0.1, 0.15) is 40.3 Å². The minimum Gasteiger partial charge on any atom is -0.478 e. The molecule has 2 aromatic heterocycles. The third-order valence-corrected chi connectivity index (χ3v) is 6.64. The van der Waals surface area contributed by atoms with Gasteiger partial charge in [-0.25, -0.2) is 4.79 Å². The monoisotopic (exact) mass is 511 g/mol. The van der Waals surface area contributed by atoms with Crippen LogP contribution in [-0.2, 0) is 4.79 Å². The molecule has 5 rings (SSSR count). The number of nitrogens with zero attached hydrogens (tertiary/aromatic N) is 3. The lowest BCUT2D eigenvalue weighted by Crippen LogP contribution is -2.33. The molecule has 1 aliphatic rings. The van der Waals surface area contributed by atoms with Crippen LogP contribution in [0.25, 0.3) is 5.69 Å². The minimum atomic E-state index is -0.989. The molecular formula is C28H25N5O3S. The molecular weight excluding hydrogens is 486 g/mol. The second-order valence-corrected chi connectivity index (χ2v) is 9.03. The predicted molar refractivity (Wildman–Crippen MR) is 145 cm³/mol. The van der Waals surface area contributed by atoms with Crippen LogP contribution >= 0.6 is 12.2 Å². The number of carbonyl (C=O) groups excluding carboxylic acids is 1. The summed E-state index contributed by atoms with van der Waals surface area (Å²) in [5.74, 6) is -1.10. The molecule has 2 aromatic carbocycles. The van der Waals surface area contributed by atoms with Crippen molar-refractivity contribution in [2.75, 3.05) is 11.9 Å². The molecule has 8 nitrogen and oxygen atoms in total. The van der Waals surface area contributed by atoms with Crippen molar-refractivity contribution >= 4 is 34.9 Å². The second-order valence-electron chi connectivity index (χ2n) is 8.64. The van der Waals surface area contributed by atoms with Crippen molar-refractivity contribution in [2.24, 2.45) is 0 Å². The lowest BCUT2D eigenvalue weighted by atomic mass is 10.0. The van der Waals surface area contributed by atoms with Crippen molar-refractivity contribution in [2.45, 2.75) is 18.5 Å². The standard InChI is InChI=1S/C28H25N5O3S/c34-24(30-20-9-2-1-3-10-20)14-17-33-26(25(31-28(33)37)22-12-4-5-15-29-22)23-13-7-16-32(23)21-11-6-8-19(18-21)27(35)36/h1-13,15-16,18,25-26H,14,17H2,(H,30,34)(H,31,37)(H,35,36)/t25-,26+/m0/s1. The third-order valence-electron chi connectivity index (χ3n) is 6.29. The van der Waals surface area contributed by atoms with Gasteiger partial charge >= 0.3 is 5.97 Å². The number of aromatic nitrogens is 2. The number of nitrogens with one attached hydrogen (secondary N) is 2. The fourth-order valence-electron chi connectivity index (χ4n) is 4.59. The van der Waals surface area contributed by atoms with E-state index in [1.807, 2.05) is 82.4 Å². The molecule has 0 radical (unpaired) electrons. The van der Waals surface area contributed by atoms with E-state index in [4.69, 9.17) is 12.2 Å². The molecule has 3 heterocycles. The molecule has 1 amide bonds. The average Bonchev–Trinajstić information content (AvgIpc) is 3.53. The summed E-state index contributed by atoms with van der Waals surface area (Å²) in [6, 6.07) is 25.2. The van der Waals surface area contributed by atoms with Gasteiger partial charge in [0.2, 0.25) is 5.91 Å². The van der Waals surface area contributed by atoms with Gasteiger partial charge in [0.1, 0.15) is 0 Å². The van der Waals surface area contributed by atoms with Crippen LogP contribution < -0.4 is 10.6 Å². The first-order chi connectivity index (χ1) is 18.0. The van der Waals surface area contributed by atoms with Gasteiger partial charge in [-0.1, -0.05) is 30.3 Å². The molecule has 1 saturated heterocycles. The summed E-state index contributed by atoms with van der Waals surface area (Å²) in [5, 5.41) is 16.3. The van der Waals surface area contributed by atoms with Gasteiger partial charge in [-0.05, 0) is 66.8 Å². The molecule has 0 unspecified atom stereocenters. The van der Waals surface area contributed by atoms with E-state index in [-0.39, 0.29) is 30.0 Å². The smallest absolute Gasteiger partial charge is 0.335 e. The lowest BCUT2D eigenvalue weighted by Gasteiger charge is -2.29. The van der Waals surface area contributed by atoms with Crippen molar-refractivity contribution in [1.29, 1.82) is 0 Å². The van der Waals surface area contributed by atoms with E-state index in [1.54, 1.807) is 24.4 Å². The van der Waals surface area contributed by atoms with Gasteiger partial charge in [-0.15, -0.1) is 0 Å². The Morgan fingerprint density at radius 2 is 1.81 bits per heavy atom. The number of hydrogen-bond donors (Lipinski definition) is 3. The number of rotatable bonds is 8. The van der Waals surface area contributed by atoms with Crippen molar-refractivity contribution in [3.63, 3.8) is 0 Å². The first-order valence-electron chi connectivity index (χ1n) is 11.9. The third kappa shape index (κ3) is 5.22. The van der Waals surface area contributed by atoms with Crippen molar-refractivity contribution in [3.8, 4) is 5.69 Å². The van der Waals surface area contributed by atoms with Gasteiger partial charge in [0.15, 0.2) is 5.11 Å². The highest BCUT2D eigenvalue weighted by molar-refractivity contribution is 7.80. The molecule has 186 valence electrons. The number of thiocarbonyl (C=S) groups is 1. The Balaban J connectivity index is 1.47. The normalized spacial score (nSPS) is 16.9. The van der Waals surface area contributed by atoms with E-state index < -0.39 is 5.97 Å². The molecule has 3 N–H and O–H groups in total. The van der Waals surface area contributed by atoms with Gasteiger partial charge in [0.25, 0.3) is 0 Å². The largest absolute Gasteiger partial charge is 0.478 e. The van der Waals surface area contributed by atoms with Gasteiger partial charge in [-0.3, -0.25) is 9.78 Å². The first kappa shape index (κ1) is 24.2. The molecule has 0 spiro atoms. The fraction of sp³-hybridized carbons (Fsp3) is 0.143. The summed E-state index contributed by atoms with van der Waals surface area (Å²) >= 11 is 5.73. The number of benzene rings is 2. The SMILES string of the molecule is O=C(CCN1C(=S)N[C@@H](c2ccccn2)[C@H]1c1cccn1-c1cccc(C(=O)O)c1)Nc1ccccc1. The van der Waals surface area contributed by atoms with Crippen LogP contribution in [0.2, 0.25) is 0 Å². The maximum atomic E-state index is 12.7. The number of hydrogen-bond acceptors (Lipinski definition) is 4. The van der Waals surface area contributed by atoms with Crippen LogP contribution in [0.15, 0.2) is 97.3 Å². The summed E-state index contributed by atoms with van der Waals surface area (Å²) < 4.78 is 1.96. The van der Waals surface area contributed by atoms with E-state index in [2.05, 4.69) is 15.6 Å². The average molecular weight is 512 g/mol. The quantitative estimate of drug-likeness (QED) is 0.298. The number of carbonyl (C=O) groups is 2. The van der Waals surface area contributed by atoms with Crippen molar-refractivity contribution in [3.05, 3.63) is 114 Å². The summed E-state index contributed by atoms with van der Waals surface area (Å²) in [6.45, 7) is 0.388. The Hall–Kier alpha value is -4.50. The second kappa shape index (κ2) is 10.6. The zero-order valence-electron chi connectivity index (χ0n) is 19.8. The van der Waals surface area contributed by atoms with Gasteiger partial charge in [0, 0.05) is 42.4 Å². The Labute approximate surface area is 219 Å². The summed E-state index contributed by atoms with van der Waals surface area (Å²) in [6.07, 6.45) is 3.87. The number of anilines is 1. The Kier molecular flexibility index (Phi) is 6.96. The number of aromatic carboxylic acids is 1. The Bertz CT molecular complexity index is 1420. The van der Waals surface area contributed by atoms with Gasteiger partial charge in [-0.2, -0.15) is 0 Å². The van der Waals surface area contributed by atoms with Crippen LogP contribution in [-0.4, -0.2) is 43.1 Å². The highest BCUT2D eigenvalue weighted by Gasteiger charge is 2.41. The highest BCUT2D eigenvalue weighted by Crippen LogP contribution is 2.39. The first-order valence-corrected chi connectivity index (χ1v) is 12.3. The molecule has 0 bridgehead atoms. The van der Waals surface area contributed by atoms with Crippen LogP contribution in [0.3, 0.4) is 0 Å². The number of carboxylic acid groups (broad SMARTS) is 1. The maximum Gasteiger partial charge on any atom is 0.335 e. The highest BCUT2D eigenvalue weighted by atomic mass is 32.1. The molecule has 4 aromatic rings. The van der Waals surface area contributed by atoms with Gasteiger partial charge in [0.05, 0.1) is 23.3 Å².